The summed E-state index contributed by atoms with van der Waals surface area (Å²) in [7, 11) is 1.57. The van der Waals surface area contributed by atoms with Crippen molar-refractivity contribution < 1.29 is 24.2 Å². The fraction of sp³-hybridized carbons (Fsp3) is 0.263. The van der Waals surface area contributed by atoms with Crippen molar-refractivity contribution in [3.8, 4) is 5.75 Å². The van der Waals surface area contributed by atoms with E-state index in [1.54, 1.807) is 38.3 Å². The molecule has 2 aromatic rings. The standard InChI is InChI=1S/C19H21NO5/c1-14(16-8-10-17(24-2)11-9-16)20(12-18(21)22)19(23)25-13-15-6-4-3-5-7-15/h3-11,14H,12-13H2,1-2H3,(H,21,22). The van der Waals surface area contributed by atoms with E-state index < -0.39 is 24.6 Å². The second-order valence-electron chi connectivity index (χ2n) is 5.51. The van der Waals surface area contributed by atoms with Gasteiger partial charge in [0.2, 0.25) is 0 Å². The highest BCUT2D eigenvalue weighted by atomic mass is 16.6. The molecule has 0 bridgehead atoms. The minimum atomic E-state index is -1.10. The second kappa shape index (κ2) is 8.73. The number of ether oxygens (including phenoxy) is 2. The summed E-state index contributed by atoms with van der Waals surface area (Å²) in [5.74, 6) is -0.413. The van der Waals surface area contributed by atoms with Crippen LogP contribution in [0.4, 0.5) is 4.79 Å². The number of amides is 1. The Morgan fingerprint density at radius 1 is 1.08 bits per heavy atom. The summed E-state index contributed by atoms with van der Waals surface area (Å²) in [6, 6.07) is 15.9. The predicted octanol–water partition coefficient (Wildman–Crippen LogP) is 3.48. The first-order chi connectivity index (χ1) is 12.0. The number of nitrogens with zero attached hydrogens (tertiary/aromatic N) is 1. The van der Waals surface area contributed by atoms with Crippen molar-refractivity contribution in [1.82, 2.24) is 4.90 Å². The molecule has 0 saturated carbocycles. The molecule has 132 valence electrons. The van der Waals surface area contributed by atoms with E-state index in [9.17, 15) is 9.59 Å². The van der Waals surface area contributed by atoms with Crippen LogP contribution in [-0.4, -0.2) is 35.7 Å². The normalized spacial score (nSPS) is 11.4. The van der Waals surface area contributed by atoms with E-state index in [1.807, 2.05) is 30.3 Å². The quantitative estimate of drug-likeness (QED) is 0.833. The van der Waals surface area contributed by atoms with Gasteiger partial charge in [-0.15, -0.1) is 0 Å². The summed E-state index contributed by atoms with van der Waals surface area (Å²) in [6.45, 7) is 1.40. The van der Waals surface area contributed by atoms with Crippen molar-refractivity contribution in [2.24, 2.45) is 0 Å². The number of benzene rings is 2. The van der Waals surface area contributed by atoms with E-state index >= 15 is 0 Å². The topological polar surface area (TPSA) is 76.1 Å². The molecule has 1 atom stereocenters. The number of carbonyl (C=O) groups is 2. The van der Waals surface area contributed by atoms with Crippen LogP contribution < -0.4 is 4.74 Å². The van der Waals surface area contributed by atoms with Gasteiger partial charge in [0.15, 0.2) is 0 Å². The number of carboxylic acids is 1. The van der Waals surface area contributed by atoms with Crippen LogP contribution in [0.1, 0.15) is 24.1 Å². The van der Waals surface area contributed by atoms with Gasteiger partial charge >= 0.3 is 12.1 Å². The molecule has 1 unspecified atom stereocenters. The van der Waals surface area contributed by atoms with Crippen LogP contribution in [0.2, 0.25) is 0 Å². The lowest BCUT2D eigenvalue weighted by molar-refractivity contribution is -0.138. The summed E-state index contributed by atoms with van der Waals surface area (Å²) in [5.41, 5.74) is 1.63. The SMILES string of the molecule is COc1ccc(C(C)N(CC(=O)O)C(=O)OCc2ccccc2)cc1. The van der Waals surface area contributed by atoms with Crippen LogP contribution in [0.25, 0.3) is 0 Å². The van der Waals surface area contributed by atoms with Crippen LogP contribution in [0.15, 0.2) is 54.6 Å². The van der Waals surface area contributed by atoms with Gasteiger partial charge in [-0.1, -0.05) is 42.5 Å². The van der Waals surface area contributed by atoms with E-state index in [4.69, 9.17) is 14.6 Å². The molecule has 6 nitrogen and oxygen atoms in total. The van der Waals surface area contributed by atoms with E-state index in [-0.39, 0.29) is 6.61 Å². The fourth-order valence-corrected chi connectivity index (χ4v) is 2.37. The second-order valence-corrected chi connectivity index (χ2v) is 5.51. The third-order valence-corrected chi connectivity index (χ3v) is 3.81. The molecule has 0 saturated heterocycles. The van der Waals surface area contributed by atoms with Crippen molar-refractivity contribution in [3.05, 3.63) is 65.7 Å². The van der Waals surface area contributed by atoms with E-state index in [0.29, 0.717) is 5.75 Å². The van der Waals surface area contributed by atoms with Crippen LogP contribution >= 0.6 is 0 Å². The molecule has 1 amide bonds. The Hall–Kier alpha value is -3.02. The molecule has 6 heteroatoms. The average molecular weight is 343 g/mol. The smallest absolute Gasteiger partial charge is 0.411 e. The number of hydrogen-bond acceptors (Lipinski definition) is 4. The highest BCUT2D eigenvalue weighted by Crippen LogP contribution is 2.23. The Kier molecular flexibility index (Phi) is 6.39. The third-order valence-electron chi connectivity index (χ3n) is 3.81. The summed E-state index contributed by atoms with van der Waals surface area (Å²) in [6.07, 6.45) is -0.672. The van der Waals surface area contributed by atoms with Crippen molar-refractivity contribution in [2.45, 2.75) is 19.6 Å². The van der Waals surface area contributed by atoms with Gasteiger partial charge in [0.25, 0.3) is 0 Å². The lowest BCUT2D eigenvalue weighted by Crippen LogP contribution is -2.38. The Bertz CT molecular complexity index is 700. The zero-order valence-electron chi connectivity index (χ0n) is 14.2. The first kappa shape index (κ1) is 18.3. The molecule has 25 heavy (non-hydrogen) atoms. The number of carboxylic acid groups (broad SMARTS) is 1. The molecule has 0 aliphatic heterocycles. The average Bonchev–Trinajstić information content (AvgIpc) is 2.64. The molecule has 1 N–H and O–H groups in total. The summed E-state index contributed by atoms with van der Waals surface area (Å²) >= 11 is 0. The van der Waals surface area contributed by atoms with Gasteiger partial charge in [-0.05, 0) is 30.2 Å². The number of methoxy groups -OCH3 is 1. The lowest BCUT2D eigenvalue weighted by atomic mass is 10.1. The monoisotopic (exact) mass is 343 g/mol. The molecule has 0 spiro atoms. The maximum Gasteiger partial charge on any atom is 0.411 e. The molecule has 0 aliphatic rings. The Balaban J connectivity index is 2.10. The highest BCUT2D eigenvalue weighted by molar-refractivity contribution is 5.77. The number of hydrogen-bond donors (Lipinski definition) is 1. The van der Waals surface area contributed by atoms with E-state index in [1.165, 1.54) is 4.90 Å². The van der Waals surface area contributed by atoms with Gasteiger partial charge in [0, 0.05) is 0 Å². The Morgan fingerprint density at radius 3 is 2.28 bits per heavy atom. The molecule has 0 aromatic heterocycles. The van der Waals surface area contributed by atoms with Crippen molar-refractivity contribution >= 4 is 12.1 Å². The van der Waals surface area contributed by atoms with Gasteiger partial charge in [-0.2, -0.15) is 0 Å². The molecule has 2 rings (SSSR count). The van der Waals surface area contributed by atoms with Gasteiger partial charge in [0.05, 0.1) is 13.2 Å². The molecular weight excluding hydrogens is 322 g/mol. The maximum absolute atomic E-state index is 12.4. The molecule has 2 aromatic carbocycles. The van der Waals surface area contributed by atoms with Crippen LogP contribution in [0, 0.1) is 0 Å². The van der Waals surface area contributed by atoms with Gasteiger partial charge in [0.1, 0.15) is 18.9 Å². The zero-order chi connectivity index (χ0) is 18.2. The minimum absolute atomic E-state index is 0.0884. The number of carbonyl (C=O) groups excluding carboxylic acids is 1. The van der Waals surface area contributed by atoms with Crippen molar-refractivity contribution in [1.29, 1.82) is 0 Å². The van der Waals surface area contributed by atoms with Gasteiger partial charge in [-0.3, -0.25) is 9.69 Å². The molecular formula is C19H21NO5. The molecule has 0 heterocycles. The largest absolute Gasteiger partial charge is 0.497 e. The van der Waals surface area contributed by atoms with Gasteiger partial charge < -0.3 is 14.6 Å². The van der Waals surface area contributed by atoms with Crippen LogP contribution in [-0.2, 0) is 16.1 Å². The van der Waals surface area contributed by atoms with Gasteiger partial charge in [-0.25, -0.2) is 4.79 Å². The number of aliphatic carboxylic acids is 1. The summed E-state index contributed by atoms with van der Waals surface area (Å²) < 4.78 is 10.4. The first-order valence-corrected chi connectivity index (χ1v) is 7.84. The van der Waals surface area contributed by atoms with E-state index in [2.05, 4.69) is 0 Å². The van der Waals surface area contributed by atoms with Crippen LogP contribution in [0.5, 0.6) is 5.75 Å². The predicted molar refractivity (Wildman–Crippen MR) is 92.4 cm³/mol. The van der Waals surface area contributed by atoms with Crippen LogP contribution in [0.3, 0.4) is 0 Å². The summed E-state index contributed by atoms with van der Waals surface area (Å²) in [4.78, 5) is 24.7. The molecule has 0 fully saturated rings. The Labute approximate surface area is 146 Å². The highest BCUT2D eigenvalue weighted by Gasteiger charge is 2.25. The zero-order valence-corrected chi connectivity index (χ0v) is 14.2. The maximum atomic E-state index is 12.4. The first-order valence-electron chi connectivity index (χ1n) is 7.84. The van der Waals surface area contributed by atoms with E-state index in [0.717, 1.165) is 11.1 Å². The number of rotatable bonds is 7. The lowest BCUT2D eigenvalue weighted by Gasteiger charge is -2.27. The summed E-state index contributed by atoms with van der Waals surface area (Å²) in [5, 5.41) is 9.13. The minimum Gasteiger partial charge on any atom is -0.497 e. The third kappa shape index (κ3) is 5.24. The fourth-order valence-electron chi connectivity index (χ4n) is 2.37. The van der Waals surface area contributed by atoms with Crippen molar-refractivity contribution in [3.63, 3.8) is 0 Å². The van der Waals surface area contributed by atoms with Crippen molar-refractivity contribution in [2.75, 3.05) is 13.7 Å². The Morgan fingerprint density at radius 2 is 1.72 bits per heavy atom. The molecule has 0 aliphatic carbocycles. The molecule has 0 radical (unpaired) electrons.